The Bertz CT molecular complexity index is 899. The smallest absolute Gasteiger partial charge is 0.325 e. The number of nitrogens with zero attached hydrogens (tertiary/aromatic N) is 3. The molecule has 9 heteroatoms. The van der Waals surface area contributed by atoms with Crippen molar-refractivity contribution in [1.29, 1.82) is 0 Å². The van der Waals surface area contributed by atoms with Crippen LogP contribution in [0.4, 0.5) is 18.9 Å². The summed E-state index contributed by atoms with van der Waals surface area (Å²) < 4.78 is 41.5. The zero-order valence-electron chi connectivity index (χ0n) is 14.0. The molecule has 3 rings (SSSR count). The number of carbonyl (C=O) groups is 1. The molecule has 2 heterocycles. The van der Waals surface area contributed by atoms with Crippen LogP contribution in [0.2, 0.25) is 0 Å². The van der Waals surface area contributed by atoms with Crippen LogP contribution in [0.15, 0.2) is 61.2 Å². The number of benzene rings is 1. The van der Waals surface area contributed by atoms with Crippen molar-refractivity contribution in [3.8, 4) is 5.69 Å². The molecule has 3 aromatic rings. The van der Waals surface area contributed by atoms with Gasteiger partial charge in [-0.25, -0.2) is 4.68 Å². The van der Waals surface area contributed by atoms with Crippen molar-refractivity contribution in [3.63, 3.8) is 0 Å². The third-order valence-corrected chi connectivity index (χ3v) is 4.58. The molecule has 0 unspecified atom stereocenters. The van der Waals surface area contributed by atoms with Crippen molar-refractivity contribution < 1.29 is 18.0 Å². The quantitative estimate of drug-likeness (QED) is 0.684. The lowest BCUT2D eigenvalue weighted by molar-refractivity contribution is -0.137. The van der Waals surface area contributed by atoms with Gasteiger partial charge in [0.25, 0.3) is 0 Å². The first kappa shape index (κ1) is 19.0. The van der Waals surface area contributed by atoms with Gasteiger partial charge < -0.3 is 5.32 Å². The number of alkyl halides is 3. The van der Waals surface area contributed by atoms with Gasteiger partial charge in [-0.15, -0.1) is 11.8 Å². The molecule has 0 saturated heterocycles. The van der Waals surface area contributed by atoms with Crippen molar-refractivity contribution >= 4 is 23.4 Å². The van der Waals surface area contributed by atoms with Crippen LogP contribution in [0.25, 0.3) is 5.69 Å². The number of nitrogens with one attached hydrogen (secondary N) is 1. The van der Waals surface area contributed by atoms with Gasteiger partial charge in [0, 0.05) is 30.5 Å². The first-order valence-electron chi connectivity index (χ1n) is 7.91. The van der Waals surface area contributed by atoms with Crippen LogP contribution in [0, 0.1) is 0 Å². The number of amides is 1. The van der Waals surface area contributed by atoms with Gasteiger partial charge in [0.2, 0.25) is 5.91 Å². The average molecular weight is 392 g/mol. The molecule has 0 aliphatic carbocycles. The predicted octanol–water partition coefficient (Wildman–Crippen LogP) is 4.16. The van der Waals surface area contributed by atoms with Gasteiger partial charge in [-0.05, 0) is 35.9 Å². The summed E-state index contributed by atoms with van der Waals surface area (Å²) in [4.78, 5) is 16.0. The Hall–Kier alpha value is -2.81. The molecular weight excluding hydrogens is 377 g/mol. The van der Waals surface area contributed by atoms with Crippen molar-refractivity contribution in [2.24, 2.45) is 0 Å². The molecule has 0 aliphatic rings. The average Bonchev–Trinajstić information content (AvgIpc) is 3.17. The number of thioether (sulfide) groups is 1. The van der Waals surface area contributed by atoms with E-state index in [0.29, 0.717) is 5.75 Å². The third kappa shape index (κ3) is 5.10. The predicted molar refractivity (Wildman–Crippen MR) is 97.6 cm³/mol. The Morgan fingerprint density at radius 2 is 2.04 bits per heavy atom. The molecule has 140 valence electrons. The van der Waals surface area contributed by atoms with Crippen molar-refractivity contribution in [2.45, 2.75) is 11.9 Å². The van der Waals surface area contributed by atoms with Crippen LogP contribution in [0.3, 0.4) is 0 Å². The fourth-order valence-electron chi connectivity index (χ4n) is 2.37. The maximum absolute atomic E-state index is 13.4. The van der Waals surface area contributed by atoms with Crippen LogP contribution in [0.1, 0.15) is 11.1 Å². The second kappa shape index (κ2) is 8.26. The van der Waals surface area contributed by atoms with E-state index in [1.54, 1.807) is 30.7 Å². The topological polar surface area (TPSA) is 59.8 Å². The molecule has 0 atom stereocenters. The molecule has 2 aromatic heterocycles. The molecule has 1 amide bonds. The Kier molecular flexibility index (Phi) is 5.80. The Morgan fingerprint density at radius 3 is 2.70 bits per heavy atom. The van der Waals surface area contributed by atoms with Crippen LogP contribution < -0.4 is 5.32 Å². The Labute approximate surface area is 157 Å². The van der Waals surface area contributed by atoms with E-state index in [1.165, 1.54) is 34.8 Å². The van der Waals surface area contributed by atoms with Crippen molar-refractivity contribution in [3.05, 3.63) is 72.3 Å². The molecular formula is C18H15F3N4OS. The molecule has 1 aromatic carbocycles. The second-order valence-corrected chi connectivity index (χ2v) is 6.57. The summed E-state index contributed by atoms with van der Waals surface area (Å²) in [7, 11) is 0. The molecule has 0 fully saturated rings. The summed E-state index contributed by atoms with van der Waals surface area (Å²) in [6.07, 6.45) is 1.74. The second-order valence-electron chi connectivity index (χ2n) is 5.58. The summed E-state index contributed by atoms with van der Waals surface area (Å²) in [6.45, 7) is 0. The number of anilines is 1. The van der Waals surface area contributed by atoms with E-state index in [1.807, 2.05) is 6.07 Å². The van der Waals surface area contributed by atoms with Gasteiger partial charge in [-0.1, -0.05) is 6.07 Å². The van der Waals surface area contributed by atoms with Gasteiger partial charge in [-0.3, -0.25) is 9.78 Å². The summed E-state index contributed by atoms with van der Waals surface area (Å²) in [5.74, 6) is 0.0832. The lowest BCUT2D eigenvalue weighted by atomic mass is 10.1. The van der Waals surface area contributed by atoms with E-state index >= 15 is 0 Å². The van der Waals surface area contributed by atoms with Crippen molar-refractivity contribution in [2.75, 3.05) is 11.1 Å². The van der Waals surface area contributed by atoms with Crippen LogP contribution in [0.5, 0.6) is 0 Å². The standard InChI is InChI=1S/C18H15F3N4OS/c19-18(20,21)15-9-14(25-8-2-7-23-25)4-5-16(15)24-17(26)12-27-11-13-3-1-6-22-10-13/h1-10H,11-12H2,(H,24,26). The van der Waals surface area contributed by atoms with Gasteiger partial charge >= 0.3 is 6.18 Å². The van der Waals surface area contributed by atoms with Gasteiger partial charge in [-0.2, -0.15) is 18.3 Å². The zero-order chi connectivity index (χ0) is 19.3. The number of aromatic nitrogens is 3. The minimum atomic E-state index is -4.60. The molecule has 0 aliphatic heterocycles. The molecule has 0 bridgehead atoms. The first-order chi connectivity index (χ1) is 12.9. The maximum Gasteiger partial charge on any atom is 0.418 e. The molecule has 0 saturated carbocycles. The van der Waals surface area contributed by atoms with Gasteiger partial charge in [0.05, 0.1) is 22.7 Å². The lowest BCUT2D eigenvalue weighted by Crippen LogP contribution is -2.18. The highest BCUT2D eigenvalue weighted by atomic mass is 32.2. The highest BCUT2D eigenvalue weighted by Crippen LogP contribution is 2.36. The zero-order valence-corrected chi connectivity index (χ0v) is 14.8. The number of hydrogen-bond acceptors (Lipinski definition) is 4. The normalized spacial score (nSPS) is 11.4. The SMILES string of the molecule is O=C(CSCc1cccnc1)Nc1ccc(-n2cccn2)cc1C(F)(F)F. The van der Waals surface area contributed by atoms with Crippen LogP contribution in [-0.2, 0) is 16.7 Å². The minimum absolute atomic E-state index is 0.0348. The highest BCUT2D eigenvalue weighted by Gasteiger charge is 2.34. The fraction of sp³-hybridized carbons (Fsp3) is 0.167. The van der Waals surface area contributed by atoms with E-state index in [0.717, 1.165) is 11.6 Å². The summed E-state index contributed by atoms with van der Waals surface area (Å²) in [5, 5.41) is 6.27. The van der Waals surface area contributed by atoms with E-state index in [9.17, 15) is 18.0 Å². The molecule has 5 nitrogen and oxygen atoms in total. The minimum Gasteiger partial charge on any atom is -0.325 e. The summed E-state index contributed by atoms with van der Waals surface area (Å²) in [5.41, 5.74) is 0.0117. The fourth-order valence-corrected chi connectivity index (χ4v) is 3.14. The number of rotatable bonds is 6. The van der Waals surface area contributed by atoms with Crippen molar-refractivity contribution in [1.82, 2.24) is 14.8 Å². The Morgan fingerprint density at radius 1 is 1.19 bits per heavy atom. The Balaban J connectivity index is 1.69. The number of carbonyl (C=O) groups excluding carboxylic acids is 1. The third-order valence-electron chi connectivity index (χ3n) is 3.58. The van der Waals surface area contributed by atoms with E-state index in [4.69, 9.17) is 0 Å². The van der Waals surface area contributed by atoms with E-state index < -0.39 is 17.6 Å². The van der Waals surface area contributed by atoms with E-state index in [2.05, 4.69) is 15.4 Å². The number of pyridine rings is 1. The molecule has 27 heavy (non-hydrogen) atoms. The lowest BCUT2D eigenvalue weighted by Gasteiger charge is -2.15. The van der Waals surface area contributed by atoms with Gasteiger partial charge in [0.1, 0.15) is 0 Å². The molecule has 0 spiro atoms. The summed E-state index contributed by atoms with van der Waals surface area (Å²) in [6, 6.07) is 8.94. The molecule has 1 N–H and O–H groups in total. The summed E-state index contributed by atoms with van der Waals surface area (Å²) >= 11 is 1.30. The monoisotopic (exact) mass is 392 g/mol. The maximum atomic E-state index is 13.4. The highest BCUT2D eigenvalue weighted by molar-refractivity contribution is 7.99. The molecule has 0 radical (unpaired) electrons. The number of halogens is 3. The van der Waals surface area contributed by atoms with Crippen LogP contribution in [-0.4, -0.2) is 26.4 Å². The first-order valence-corrected chi connectivity index (χ1v) is 9.07. The largest absolute Gasteiger partial charge is 0.418 e. The number of hydrogen-bond donors (Lipinski definition) is 1. The van der Waals surface area contributed by atoms with E-state index in [-0.39, 0.29) is 17.1 Å². The van der Waals surface area contributed by atoms with Gasteiger partial charge in [0.15, 0.2) is 0 Å². The van der Waals surface area contributed by atoms with Crippen LogP contribution >= 0.6 is 11.8 Å².